The summed E-state index contributed by atoms with van der Waals surface area (Å²) in [4.78, 5) is 0. The molecule has 2 aliphatic carbocycles. The largest absolute Gasteiger partial charge is 0.206 e. The van der Waals surface area contributed by atoms with E-state index in [0.717, 1.165) is 48.3 Å². The molecule has 1 saturated carbocycles. The van der Waals surface area contributed by atoms with Crippen LogP contribution in [0, 0.1) is 35.2 Å². The fourth-order valence-corrected chi connectivity index (χ4v) is 6.52. The maximum atomic E-state index is 15.3. The quantitative estimate of drug-likeness (QED) is 0.249. The van der Waals surface area contributed by atoms with Gasteiger partial charge in [0.15, 0.2) is 11.6 Å². The molecule has 3 aromatic carbocycles. The van der Waals surface area contributed by atoms with E-state index < -0.39 is 11.6 Å². The zero-order chi connectivity index (χ0) is 28.1. The standard InChI is InChI=1S/C37H39F3/c1-3-5-6-7-31-20-23-34(37(40)36(31)39)30-18-14-28(15-19-30)32-21-22-33(35(38)24-32)29-16-12-27(13-17-29)26-10-8-25(4-2)9-11-26/h4-6,14-16,18-27H,2-3,7-13,17H2,1H3/b6-5-. The van der Waals surface area contributed by atoms with Crippen LogP contribution in [0.25, 0.3) is 27.8 Å². The summed E-state index contributed by atoms with van der Waals surface area (Å²) in [7, 11) is 0. The van der Waals surface area contributed by atoms with Crippen LogP contribution in [-0.4, -0.2) is 0 Å². The first-order valence-corrected chi connectivity index (χ1v) is 14.8. The third-order valence-electron chi connectivity index (χ3n) is 9.01. The predicted octanol–water partition coefficient (Wildman–Crippen LogP) is 11.1. The van der Waals surface area contributed by atoms with Gasteiger partial charge in [-0.3, -0.25) is 0 Å². The van der Waals surface area contributed by atoms with Gasteiger partial charge in [0.2, 0.25) is 0 Å². The third-order valence-corrected chi connectivity index (χ3v) is 9.01. The summed E-state index contributed by atoms with van der Waals surface area (Å²) < 4.78 is 44.8. The lowest BCUT2D eigenvalue weighted by atomic mass is 9.71. The first-order valence-electron chi connectivity index (χ1n) is 14.8. The second kappa shape index (κ2) is 12.9. The molecule has 5 rings (SSSR count). The average Bonchev–Trinajstić information content (AvgIpc) is 3.00. The Bertz CT molecular complexity index is 1390. The van der Waals surface area contributed by atoms with Gasteiger partial charge in [0.05, 0.1) is 0 Å². The van der Waals surface area contributed by atoms with Crippen LogP contribution >= 0.6 is 0 Å². The van der Waals surface area contributed by atoms with E-state index in [9.17, 15) is 8.78 Å². The maximum absolute atomic E-state index is 15.3. The van der Waals surface area contributed by atoms with Crippen LogP contribution in [0.4, 0.5) is 13.2 Å². The van der Waals surface area contributed by atoms with Gasteiger partial charge in [-0.05, 0) is 109 Å². The zero-order valence-corrected chi connectivity index (χ0v) is 23.4. The molecule has 0 heterocycles. The first-order chi connectivity index (χ1) is 19.5. The average molecular weight is 541 g/mol. The number of hydrogen-bond acceptors (Lipinski definition) is 0. The number of allylic oxidation sites excluding steroid dienone is 5. The second-order valence-corrected chi connectivity index (χ2v) is 11.4. The molecule has 3 heteroatoms. The summed E-state index contributed by atoms with van der Waals surface area (Å²) in [6, 6.07) is 15.9. The minimum absolute atomic E-state index is 0.210. The molecule has 0 bridgehead atoms. The normalized spacial score (nSPS) is 21.4. The molecule has 1 atom stereocenters. The van der Waals surface area contributed by atoms with Gasteiger partial charge in [0.25, 0.3) is 0 Å². The van der Waals surface area contributed by atoms with Gasteiger partial charge >= 0.3 is 0 Å². The highest BCUT2D eigenvalue weighted by molar-refractivity contribution is 5.74. The van der Waals surface area contributed by atoms with Gasteiger partial charge in [0.1, 0.15) is 5.82 Å². The van der Waals surface area contributed by atoms with Crippen LogP contribution in [-0.2, 0) is 6.42 Å². The van der Waals surface area contributed by atoms with Crippen molar-refractivity contribution >= 4 is 5.57 Å². The van der Waals surface area contributed by atoms with E-state index in [2.05, 4.69) is 18.7 Å². The van der Waals surface area contributed by atoms with E-state index in [0.29, 0.717) is 34.9 Å². The summed E-state index contributed by atoms with van der Waals surface area (Å²) in [5.74, 6) is 0.334. The second-order valence-electron chi connectivity index (χ2n) is 11.4. The smallest absolute Gasteiger partial charge is 0.166 e. The van der Waals surface area contributed by atoms with Crippen molar-refractivity contribution in [3.63, 3.8) is 0 Å². The summed E-state index contributed by atoms with van der Waals surface area (Å²) >= 11 is 0. The van der Waals surface area contributed by atoms with Crippen LogP contribution in [0.1, 0.15) is 69.4 Å². The number of hydrogen-bond donors (Lipinski definition) is 0. The molecule has 0 aliphatic heterocycles. The predicted molar refractivity (Wildman–Crippen MR) is 161 cm³/mol. The SMILES string of the molecule is C=CC1CCC(C2CC=C(c3ccc(-c4ccc(-c5ccc(C/C=C\CC)c(F)c5F)cc4)cc3F)CC2)CC1. The number of rotatable bonds is 8. The molecular formula is C37H39F3. The third kappa shape index (κ3) is 6.19. The van der Waals surface area contributed by atoms with E-state index >= 15 is 4.39 Å². The lowest BCUT2D eigenvalue weighted by molar-refractivity contribution is 0.212. The van der Waals surface area contributed by atoms with Crippen molar-refractivity contribution in [1.82, 2.24) is 0 Å². The molecule has 40 heavy (non-hydrogen) atoms. The van der Waals surface area contributed by atoms with E-state index in [4.69, 9.17) is 0 Å². The summed E-state index contributed by atoms with van der Waals surface area (Å²) in [5, 5.41) is 0. The van der Waals surface area contributed by atoms with Crippen LogP contribution in [0.3, 0.4) is 0 Å². The Kier molecular flexibility index (Phi) is 9.09. The molecule has 0 nitrogen and oxygen atoms in total. The van der Waals surface area contributed by atoms with Crippen LogP contribution in [0.5, 0.6) is 0 Å². The highest BCUT2D eigenvalue weighted by Gasteiger charge is 2.28. The summed E-state index contributed by atoms with van der Waals surface area (Å²) in [6.45, 7) is 5.96. The first kappa shape index (κ1) is 28.2. The summed E-state index contributed by atoms with van der Waals surface area (Å²) in [6.07, 6.45) is 17.6. The Balaban J connectivity index is 1.26. The van der Waals surface area contributed by atoms with Crippen LogP contribution < -0.4 is 0 Å². The van der Waals surface area contributed by atoms with Crippen molar-refractivity contribution in [2.45, 2.75) is 64.7 Å². The van der Waals surface area contributed by atoms with Crippen molar-refractivity contribution in [2.75, 3.05) is 0 Å². The molecule has 0 radical (unpaired) electrons. The molecule has 0 spiro atoms. The molecule has 0 amide bonds. The molecule has 208 valence electrons. The van der Waals surface area contributed by atoms with Crippen LogP contribution in [0.15, 0.2) is 85.5 Å². The minimum atomic E-state index is -0.835. The van der Waals surface area contributed by atoms with Gasteiger partial charge < -0.3 is 0 Å². The molecule has 3 aromatic rings. The topological polar surface area (TPSA) is 0 Å². The van der Waals surface area contributed by atoms with E-state index in [1.807, 2.05) is 43.3 Å². The molecular weight excluding hydrogens is 501 g/mol. The lowest BCUT2D eigenvalue weighted by Gasteiger charge is -2.34. The fraction of sp³-hybridized carbons (Fsp3) is 0.351. The maximum Gasteiger partial charge on any atom is 0.166 e. The van der Waals surface area contributed by atoms with Crippen LogP contribution in [0.2, 0.25) is 0 Å². The fourth-order valence-electron chi connectivity index (χ4n) is 6.52. The summed E-state index contributed by atoms with van der Waals surface area (Å²) in [5.41, 5.74) is 4.58. The Labute approximate surface area is 237 Å². The lowest BCUT2D eigenvalue weighted by Crippen LogP contribution is -2.22. The highest BCUT2D eigenvalue weighted by atomic mass is 19.2. The van der Waals surface area contributed by atoms with Crippen molar-refractivity contribution in [3.8, 4) is 22.3 Å². The Hall–Kier alpha value is -3.33. The Morgan fingerprint density at radius 3 is 2.10 bits per heavy atom. The monoisotopic (exact) mass is 540 g/mol. The van der Waals surface area contributed by atoms with E-state index in [-0.39, 0.29) is 11.4 Å². The Morgan fingerprint density at radius 1 is 0.750 bits per heavy atom. The van der Waals surface area contributed by atoms with Gasteiger partial charge in [-0.25, -0.2) is 13.2 Å². The number of halogens is 3. The molecule has 1 unspecified atom stereocenters. The van der Waals surface area contributed by atoms with Gasteiger partial charge in [-0.1, -0.05) is 79.8 Å². The Morgan fingerprint density at radius 2 is 1.45 bits per heavy atom. The van der Waals surface area contributed by atoms with Crippen molar-refractivity contribution in [1.29, 1.82) is 0 Å². The molecule has 0 saturated heterocycles. The van der Waals surface area contributed by atoms with E-state index in [1.54, 1.807) is 30.3 Å². The van der Waals surface area contributed by atoms with Crippen molar-refractivity contribution < 1.29 is 13.2 Å². The molecule has 0 aromatic heterocycles. The van der Waals surface area contributed by atoms with Gasteiger partial charge in [-0.2, -0.15) is 0 Å². The highest BCUT2D eigenvalue weighted by Crippen LogP contribution is 2.42. The van der Waals surface area contributed by atoms with Crippen molar-refractivity contribution in [2.24, 2.45) is 17.8 Å². The molecule has 0 N–H and O–H groups in total. The zero-order valence-electron chi connectivity index (χ0n) is 23.4. The van der Waals surface area contributed by atoms with E-state index in [1.165, 1.54) is 25.7 Å². The van der Waals surface area contributed by atoms with Gasteiger partial charge in [0, 0.05) is 11.1 Å². The van der Waals surface area contributed by atoms with Gasteiger partial charge in [-0.15, -0.1) is 6.58 Å². The number of benzene rings is 3. The molecule has 1 fully saturated rings. The molecule has 2 aliphatic rings. The van der Waals surface area contributed by atoms with Crippen molar-refractivity contribution in [3.05, 3.63) is 114 Å². The minimum Gasteiger partial charge on any atom is -0.206 e.